The molecule has 20 heavy (non-hydrogen) atoms. The second-order valence-corrected chi connectivity index (χ2v) is 4.42. The lowest BCUT2D eigenvalue weighted by atomic mass is 10.1. The van der Waals surface area contributed by atoms with Gasteiger partial charge in [0.2, 0.25) is 5.91 Å². The number of hydrogen-bond donors (Lipinski definition) is 0. The lowest BCUT2D eigenvalue weighted by Gasteiger charge is -2.24. The number of benzene rings is 1. The third kappa shape index (κ3) is 2.73. The highest BCUT2D eigenvalue weighted by molar-refractivity contribution is 6.05. The van der Waals surface area contributed by atoms with Gasteiger partial charge in [-0.05, 0) is 23.6 Å². The molecule has 7 nitrogen and oxygen atoms in total. The van der Waals surface area contributed by atoms with Gasteiger partial charge < -0.3 is 9.64 Å². The van der Waals surface area contributed by atoms with Crippen LogP contribution >= 0.6 is 0 Å². The SMILES string of the molecule is COC(=O)CC(=O)N1c2ccccc2CC1CN=[N+]=[N-]. The van der Waals surface area contributed by atoms with E-state index < -0.39 is 5.97 Å². The summed E-state index contributed by atoms with van der Waals surface area (Å²) in [6.45, 7) is 0.179. The fourth-order valence-corrected chi connectivity index (χ4v) is 2.36. The number of rotatable bonds is 4. The molecule has 1 aliphatic heterocycles. The number of azide groups is 1. The minimum atomic E-state index is -0.582. The minimum Gasteiger partial charge on any atom is -0.469 e. The fourth-order valence-electron chi connectivity index (χ4n) is 2.36. The first-order chi connectivity index (χ1) is 9.67. The summed E-state index contributed by atoms with van der Waals surface area (Å²) >= 11 is 0. The number of carbonyl (C=O) groups excluding carboxylic acids is 2. The monoisotopic (exact) mass is 274 g/mol. The van der Waals surface area contributed by atoms with Gasteiger partial charge in [0.15, 0.2) is 0 Å². The van der Waals surface area contributed by atoms with Crippen LogP contribution in [0.25, 0.3) is 10.4 Å². The number of ether oxygens (including phenoxy) is 1. The predicted molar refractivity (Wildman–Crippen MR) is 72.1 cm³/mol. The molecule has 1 heterocycles. The Morgan fingerprint density at radius 2 is 2.25 bits per heavy atom. The highest BCUT2D eigenvalue weighted by Gasteiger charge is 2.33. The van der Waals surface area contributed by atoms with E-state index in [2.05, 4.69) is 14.8 Å². The summed E-state index contributed by atoms with van der Waals surface area (Å²) < 4.78 is 4.52. The van der Waals surface area contributed by atoms with Gasteiger partial charge in [0, 0.05) is 23.2 Å². The average molecular weight is 274 g/mol. The van der Waals surface area contributed by atoms with Crippen molar-refractivity contribution in [3.05, 3.63) is 40.3 Å². The number of carbonyl (C=O) groups is 2. The van der Waals surface area contributed by atoms with Crippen LogP contribution < -0.4 is 4.90 Å². The number of fused-ring (bicyclic) bond motifs is 1. The van der Waals surface area contributed by atoms with Crippen LogP contribution in [0.1, 0.15) is 12.0 Å². The van der Waals surface area contributed by atoms with Crippen molar-refractivity contribution in [1.29, 1.82) is 0 Å². The van der Waals surface area contributed by atoms with Crippen molar-refractivity contribution in [2.75, 3.05) is 18.6 Å². The van der Waals surface area contributed by atoms with Gasteiger partial charge in [-0.1, -0.05) is 23.3 Å². The van der Waals surface area contributed by atoms with Gasteiger partial charge in [0.1, 0.15) is 6.42 Å². The van der Waals surface area contributed by atoms with Gasteiger partial charge in [-0.25, -0.2) is 0 Å². The third-order valence-corrected chi connectivity index (χ3v) is 3.22. The Morgan fingerprint density at radius 1 is 1.50 bits per heavy atom. The van der Waals surface area contributed by atoms with E-state index in [1.54, 1.807) is 0 Å². The van der Waals surface area contributed by atoms with Crippen LogP contribution in [0.3, 0.4) is 0 Å². The zero-order valence-corrected chi connectivity index (χ0v) is 11.0. The van der Waals surface area contributed by atoms with Gasteiger partial charge >= 0.3 is 5.97 Å². The first-order valence-electron chi connectivity index (χ1n) is 6.15. The molecule has 1 amide bonds. The smallest absolute Gasteiger partial charge is 0.315 e. The molecule has 1 aromatic rings. The van der Waals surface area contributed by atoms with Crippen LogP contribution in [0.5, 0.6) is 0 Å². The zero-order chi connectivity index (χ0) is 14.5. The summed E-state index contributed by atoms with van der Waals surface area (Å²) in [5.41, 5.74) is 10.2. The second kappa shape index (κ2) is 6.08. The molecule has 0 aliphatic carbocycles. The molecule has 7 heteroatoms. The molecule has 2 rings (SSSR count). The standard InChI is InChI=1S/C13H14N4O3/c1-20-13(19)7-12(18)17-10(8-15-16-14)6-9-4-2-3-5-11(9)17/h2-5,10H,6-8H2,1H3. The Kier molecular flexibility index (Phi) is 4.22. The first kappa shape index (κ1) is 13.9. The molecule has 1 aromatic carbocycles. The fraction of sp³-hybridized carbons (Fsp3) is 0.385. The summed E-state index contributed by atoms with van der Waals surface area (Å²) in [6.07, 6.45) is 0.291. The van der Waals surface area contributed by atoms with E-state index >= 15 is 0 Å². The van der Waals surface area contributed by atoms with E-state index in [1.807, 2.05) is 24.3 Å². The van der Waals surface area contributed by atoms with Crippen LogP contribution in [-0.2, 0) is 20.7 Å². The second-order valence-electron chi connectivity index (χ2n) is 4.42. The zero-order valence-electron chi connectivity index (χ0n) is 11.0. The summed E-state index contributed by atoms with van der Waals surface area (Å²) in [5, 5.41) is 3.54. The summed E-state index contributed by atoms with van der Waals surface area (Å²) in [5.74, 6) is -0.929. The molecule has 0 radical (unpaired) electrons. The molecule has 0 saturated heterocycles. The van der Waals surface area contributed by atoms with Crippen molar-refractivity contribution in [2.45, 2.75) is 18.9 Å². The molecule has 0 aromatic heterocycles. The van der Waals surface area contributed by atoms with Gasteiger partial charge in [-0.15, -0.1) is 0 Å². The van der Waals surface area contributed by atoms with Crippen molar-refractivity contribution < 1.29 is 14.3 Å². The molecule has 1 unspecified atom stereocenters. The normalized spacial score (nSPS) is 16.2. The number of methoxy groups -OCH3 is 1. The Morgan fingerprint density at radius 3 is 2.95 bits per heavy atom. The topological polar surface area (TPSA) is 95.4 Å². The number of hydrogen-bond acceptors (Lipinski definition) is 4. The number of nitrogens with zero attached hydrogens (tertiary/aromatic N) is 4. The van der Waals surface area contributed by atoms with E-state index in [0.717, 1.165) is 11.3 Å². The number of para-hydroxylation sites is 1. The summed E-state index contributed by atoms with van der Waals surface area (Å²) in [6, 6.07) is 7.20. The van der Waals surface area contributed by atoms with Crippen LogP contribution in [0.2, 0.25) is 0 Å². The van der Waals surface area contributed by atoms with Crippen LogP contribution in [0, 0.1) is 0 Å². The maximum Gasteiger partial charge on any atom is 0.315 e. The van der Waals surface area contributed by atoms with Crippen molar-refractivity contribution in [3.8, 4) is 0 Å². The molecule has 104 valence electrons. The van der Waals surface area contributed by atoms with Gasteiger partial charge in [0.25, 0.3) is 0 Å². The molecule has 1 atom stereocenters. The maximum atomic E-state index is 12.2. The number of esters is 1. The quantitative estimate of drug-likeness (QED) is 0.275. The molecular weight excluding hydrogens is 260 g/mol. The first-order valence-corrected chi connectivity index (χ1v) is 6.15. The van der Waals surface area contributed by atoms with Crippen LogP contribution in [-0.4, -0.2) is 31.6 Å². The molecule has 0 N–H and O–H groups in total. The maximum absolute atomic E-state index is 12.2. The van der Waals surface area contributed by atoms with E-state index in [0.29, 0.717) is 6.42 Å². The van der Waals surface area contributed by atoms with Gasteiger partial charge in [-0.3, -0.25) is 9.59 Å². The number of amides is 1. The summed E-state index contributed by atoms with van der Waals surface area (Å²) in [4.78, 5) is 27.8. The Hall–Kier alpha value is -2.53. The minimum absolute atomic E-state index is 0.179. The van der Waals surface area contributed by atoms with E-state index in [-0.39, 0.29) is 24.9 Å². The highest BCUT2D eigenvalue weighted by Crippen LogP contribution is 2.32. The Balaban J connectivity index is 2.26. The van der Waals surface area contributed by atoms with E-state index in [9.17, 15) is 9.59 Å². The third-order valence-electron chi connectivity index (χ3n) is 3.22. The van der Waals surface area contributed by atoms with Gasteiger partial charge in [0.05, 0.1) is 7.11 Å². The largest absolute Gasteiger partial charge is 0.469 e. The van der Waals surface area contributed by atoms with Crippen molar-refractivity contribution >= 4 is 17.6 Å². The van der Waals surface area contributed by atoms with Crippen molar-refractivity contribution in [1.82, 2.24) is 0 Å². The van der Waals surface area contributed by atoms with Crippen molar-refractivity contribution in [3.63, 3.8) is 0 Å². The van der Waals surface area contributed by atoms with Gasteiger partial charge in [-0.2, -0.15) is 0 Å². The van der Waals surface area contributed by atoms with E-state index in [4.69, 9.17) is 5.53 Å². The average Bonchev–Trinajstić information content (AvgIpc) is 2.83. The number of anilines is 1. The molecule has 0 bridgehead atoms. The predicted octanol–water partition coefficient (Wildman–Crippen LogP) is 1.82. The van der Waals surface area contributed by atoms with Crippen LogP contribution in [0.15, 0.2) is 29.4 Å². The molecule has 0 spiro atoms. The lowest BCUT2D eigenvalue weighted by Crippen LogP contribution is -2.40. The highest BCUT2D eigenvalue weighted by atomic mass is 16.5. The Labute approximate surface area is 115 Å². The molecule has 1 aliphatic rings. The molecule has 0 fully saturated rings. The lowest BCUT2D eigenvalue weighted by molar-refractivity contribution is -0.143. The van der Waals surface area contributed by atoms with E-state index in [1.165, 1.54) is 12.0 Å². The molecule has 0 saturated carbocycles. The summed E-state index contributed by atoms with van der Waals surface area (Å²) in [7, 11) is 1.24. The Bertz CT molecular complexity index is 581. The van der Waals surface area contributed by atoms with Crippen molar-refractivity contribution in [2.24, 2.45) is 5.11 Å². The molecular formula is C13H14N4O3. The van der Waals surface area contributed by atoms with Crippen LogP contribution in [0.4, 0.5) is 5.69 Å².